The van der Waals surface area contributed by atoms with Crippen molar-refractivity contribution in [2.75, 3.05) is 0 Å². The first-order chi connectivity index (χ1) is 2.73. The van der Waals surface area contributed by atoms with Crippen LogP contribution in [0.3, 0.4) is 0 Å². The van der Waals surface area contributed by atoms with Crippen LogP contribution in [-0.4, -0.2) is 28.2 Å². The molecule has 3 N–H and O–H groups in total. The molecule has 2 nitrogen and oxygen atoms in total. The molecule has 0 amide bonds. The summed E-state index contributed by atoms with van der Waals surface area (Å²) < 4.78 is 0. The van der Waals surface area contributed by atoms with E-state index < -0.39 is 13.2 Å². The van der Waals surface area contributed by atoms with E-state index in [4.69, 9.17) is 20.9 Å². The predicted octanol–water partition coefficient (Wildman–Crippen LogP) is -1.00. The van der Waals surface area contributed by atoms with Gasteiger partial charge in [-0.15, -0.1) is 0 Å². The Bertz CT molecular complexity index is 50.3. The van der Waals surface area contributed by atoms with Crippen LogP contribution in [0.2, 0.25) is 0 Å². The maximum atomic E-state index is 8.51. The van der Waals surface area contributed by atoms with E-state index in [0.29, 0.717) is 0 Å². The van der Waals surface area contributed by atoms with Crippen molar-refractivity contribution in [1.29, 1.82) is 0 Å². The molecule has 0 aromatic rings. The van der Waals surface area contributed by atoms with Crippen LogP contribution >= 0.6 is 10.0 Å². The van der Waals surface area contributed by atoms with E-state index in [1.54, 1.807) is 0 Å². The lowest BCUT2D eigenvalue weighted by Crippen LogP contribution is -2.05. The van der Waals surface area contributed by atoms with Crippen LogP contribution in [0.5, 0.6) is 0 Å². The monoisotopic (exact) mass is 121 g/mol. The van der Waals surface area contributed by atoms with Crippen LogP contribution < -0.4 is 5.73 Å². The molecule has 1 heterocycles. The molecule has 0 aromatic carbocycles. The normalized spacial score (nSPS) is 43.5. The smallest absolute Gasteiger partial charge is 0.406 e. The lowest BCUT2D eigenvalue weighted by molar-refractivity contribution is 0.291. The molecule has 4 heteroatoms. The molecule has 34 valence electrons. The second kappa shape index (κ2) is 1.36. The minimum Gasteiger partial charge on any atom is -0.406 e. The van der Waals surface area contributed by atoms with Gasteiger partial charge in [-0.25, -0.2) is 0 Å². The van der Waals surface area contributed by atoms with Gasteiger partial charge >= 0.3 is 13.2 Å². The van der Waals surface area contributed by atoms with Crippen molar-refractivity contribution in [2.24, 2.45) is 5.73 Å². The number of aliphatic hydroxyl groups excluding tert-OH is 1. The quantitative estimate of drug-likeness (QED) is 0.404. The highest BCUT2D eigenvalue weighted by molar-refractivity contribution is 7.15. The molecule has 0 aromatic heterocycles. The molecule has 2 atom stereocenters. The summed E-state index contributed by atoms with van der Waals surface area (Å²) in [5.41, 5.74) is 5.19. The van der Waals surface area contributed by atoms with Crippen LogP contribution in [0.25, 0.3) is 0 Å². The van der Waals surface area contributed by atoms with Gasteiger partial charge in [-0.2, -0.15) is 0 Å². The fraction of sp³-hybridized carbons (Fsp3) is 1.00. The third-order valence-electron chi connectivity index (χ3n) is 0.947. The van der Waals surface area contributed by atoms with E-state index in [-0.39, 0.29) is 9.87 Å². The first-order valence-electron chi connectivity index (χ1n) is 1.81. The molecular formula is C2H5AlClNO. The first kappa shape index (κ1) is 4.89. The second-order valence-corrected chi connectivity index (χ2v) is 5.37. The van der Waals surface area contributed by atoms with Gasteiger partial charge in [0.05, 0.1) is 0 Å². The van der Waals surface area contributed by atoms with Gasteiger partial charge < -0.3 is 10.8 Å². The van der Waals surface area contributed by atoms with Gasteiger partial charge in [-0.05, 0) is 4.90 Å². The maximum absolute atomic E-state index is 8.51. The molecular weight excluding hydrogens is 116 g/mol. The molecule has 1 fully saturated rings. The number of nitrogens with two attached hydrogens (primary N) is 1. The fourth-order valence-corrected chi connectivity index (χ4v) is 2.30. The van der Waals surface area contributed by atoms with Gasteiger partial charge in [0.1, 0.15) is 0 Å². The van der Waals surface area contributed by atoms with E-state index in [2.05, 4.69) is 0 Å². The lowest BCUT2D eigenvalue weighted by Gasteiger charge is -1.73. The van der Waals surface area contributed by atoms with E-state index in [9.17, 15) is 0 Å². The Morgan fingerprint density at radius 2 is 2.00 bits per heavy atom. The highest BCUT2D eigenvalue weighted by Crippen LogP contribution is 2.20. The zero-order chi connectivity index (χ0) is 4.73. The van der Waals surface area contributed by atoms with E-state index >= 15 is 0 Å². The summed E-state index contributed by atoms with van der Waals surface area (Å²) in [5.74, 6) is 0. The molecule has 1 saturated heterocycles. The Labute approximate surface area is 44.5 Å². The van der Waals surface area contributed by atoms with E-state index in [0.717, 1.165) is 0 Å². The number of aliphatic hydroxyl groups is 1. The third-order valence-corrected chi connectivity index (χ3v) is 4.32. The van der Waals surface area contributed by atoms with Crippen molar-refractivity contribution in [3.05, 3.63) is 0 Å². The average Bonchev–Trinajstić information content (AvgIpc) is 1.94. The Morgan fingerprint density at radius 3 is 2.00 bits per heavy atom. The van der Waals surface area contributed by atoms with Gasteiger partial charge in [0, 0.05) is 4.97 Å². The Kier molecular flexibility index (Phi) is 1.11. The molecule has 1 aliphatic heterocycles. The third kappa shape index (κ3) is 0.576. The van der Waals surface area contributed by atoms with Gasteiger partial charge in [0.25, 0.3) is 0 Å². The molecule has 1 rings (SSSR count). The fourth-order valence-electron chi connectivity index (χ4n) is 0.280. The van der Waals surface area contributed by atoms with Crippen molar-refractivity contribution in [3.8, 4) is 0 Å². The van der Waals surface area contributed by atoms with Crippen molar-refractivity contribution in [1.82, 2.24) is 0 Å². The molecule has 2 unspecified atom stereocenters. The molecule has 0 saturated carbocycles. The second-order valence-electron chi connectivity index (χ2n) is 1.51. The minimum absolute atomic E-state index is 0.0216. The van der Waals surface area contributed by atoms with Gasteiger partial charge in [0.15, 0.2) is 0 Å². The SMILES string of the molecule is N[CH]1[CH](O)[Al]1[Cl]. The minimum atomic E-state index is -1.27. The van der Waals surface area contributed by atoms with Crippen molar-refractivity contribution in [2.45, 2.75) is 9.87 Å². The standard InChI is InChI=1S/C2H5NO.Al.ClH/c3-1-2-4;;/h1-2,4H,3H2;;1H/q;+1;/p-1. The maximum Gasteiger partial charge on any atom is 0.452 e. The largest absolute Gasteiger partial charge is 0.452 e. The summed E-state index contributed by atoms with van der Waals surface area (Å²) in [5, 5.41) is 8.51. The highest BCUT2D eigenvalue weighted by atomic mass is 35.6. The van der Waals surface area contributed by atoms with Gasteiger partial charge in [-0.1, -0.05) is 0 Å². The summed E-state index contributed by atoms with van der Waals surface area (Å²) >= 11 is -1.27. The zero-order valence-corrected chi connectivity index (χ0v) is 5.05. The van der Waals surface area contributed by atoms with Gasteiger partial charge in [-0.3, -0.25) is 10.0 Å². The lowest BCUT2D eigenvalue weighted by atomic mass is 10.8. The summed E-state index contributed by atoms with van der Waals surface area (Å²) in [6, 6.07) is 0. The molecule has 0 radical (unpaired) electrons. The Morgan fingerprint density at radius 1 is 1.83 bits per heavy atom. The molecule has 0 bridgehead atoms. The number of hydrogen-bond donors (Lipinski definition) is 2. The summed E-state index contributed by atoms with van der Waals surface area (Å²) in [7, 11) is 5.45. The number of halogens is 1. The Hall–Kier alpha value is 0.742. The topological polar surface area (TPSA) is 46.2 Å². The van der Waals surface area contributed by atoms with Crippen LogP contribution in [0.15, 0.2) is 0 Å². The summed E-state index contributed by atoms with van der Waals surface area (Å²) in [6.07, 6.45) is 0. The molecule has 0 spiro atoms. The van der Waals surface area contributed by atoms with Crippen LogP contribution in [0.4, 0.5) is 0 Å². The van der Waals surface area contributed by atoms with Gasteiger partial charge in [0.2, 0.25) is 0 Å². The Balaban J connectivity index is 2.31. The van der Waals surface area contributed by atoms with Crippen LogP contribution in [0, 0.1) is 0 Å². The molecule has 0 aliphatic carbocycles. The number of hydrogen-bond acceptors (Lipinski definition) is 2. The highest BCUT2D eigenvalue weighted by Gasteiger charge is 2.53. The van der Waals surface area contributed by atoms with Crippen LogP contribution in [0.1, 0.15) is 0 Å². The molecule has 1 aliphatic rings. The van der Waals surface area contributed by atoms with Crippen LogP contribution in [-0.2, 0) is 0 Å². The number of rotatable bonds is 0. The first-order valence-corrected chi connectivity index (χ1v) is 4.89. The zero-order valence-electron chi connectivity index (χ0n) is 3.13. The van der Waals surface area contributed by atoms with Crippen molar-refractivity contribution >= 4 is 23.3 Å². The van der Waals surface area contributed by atoms with E-state index in [1.807, 2.05) is 0 Å². The average molecular weight is 122 g/mol. The van der Waals surface area contributed by atoms with Crippen molar-refractivity contribution in [3.63, 3.8) is 0 Å². The summed E-state index contributed by atoms with van der Waals surface area (Å²) in [6.45, 7) is 0. The van der Waals surface area contributed by atoms with E-state index in [1.165, 1.54) is 0 Å². The summed E-state index contributed by atoms with van der Waals surface area (Å²) in [4.78, 5) is -0.321. The van der Waals surface area contributed by atoms with Crippen molar-refractivity contribution < 1.29 is 5.11 Å². The molecule has 6 heavy (non-hydrogen) atoms. The predicted molar refractivity (Wildman–Crippen MR) is 25.6 cm³/mol.